The van der Waals surface area contributed by atoms with Gasteiger partial charge in [-0.3, -0.25) is 4.79 Å². The number of quaternary nitrogens is 1. The number of fused-ring (bicyclic) bond motifs is 3. The lowest BCUT2D eigenvalue weighted by atomic mass is 9.66. The third-order valence-corrected chi connectivity index (χ3v) is 6.53. The average molecular weight is 350 g/mol. The SMILES string of the molecule is O=C(c1ccccc1)C12CC[N+](CCOCc3ccccc3)(CC1)CC2. The van der Waals surface area contributed by atoms with Gasteiger partial charge in [0.15, 0.2) is 5.78 Å². The standard InChI is InChI=1S/C23H28NO2/c25-22(21-9-5-2-6-10-21)23-11-14-24(15-12-23,16-13-23)17-18-26-19-20-7-3-1-4-8-20/h1-10H,11-19H2/q+1. The lowest BCUT2D eigenvalue weighted by molar-refractivity contribution is -0.944. The normalized spacial score (nSPS) is 27.4. The van der Waals surface area contributed by atoms with Gasteiger partial charge in [0.2, 0.25) is 0 Å². The van der Waals surface area contributed by atoms with E-state index in [-0.39, 0.29) is 5.41 Å². The van der Waals surface area contributed by atoms with Crippen LogP contribution in [0.15, 0.2) is 60.7 Å². The summed E-state index contributed by atoms with van der Waals surface area (Å²) in [6.45, 7) is 5.92. The maximum absolute atomic E-state index is 13.1. The van der Waals surface area contributed by atoms with E-state index in [9.17, 15) is 4.79 Å². The van der Waals surface area contributed by atoms with Crippen LogP contribution in [0.3, 0.4) is 0 Å². The van der Waals surface area contributed by atoms with Crippen molar-refractivity contribution >= 4 is 5.78 Å². The maximum Gasteiger partial charge on any atom is 0.169 e. The minimum Gasteiger partial charge on any atom is -0.371 e. The largest absolute Gasteiger partial charge is 0.371 e. The molecule has 5 rings (SSSR count). The predicted octanol–water partition coefficient (Wildman–Crippen LogP) is 4.09. The molecule has 0 aromatic heterocycles. The number of nitrogens with zero attached hydrogens (tertiary/aromatic N) is 1. The number of hydrogen-bond acceptors (Lipinski definition) is 2. The van der Waals surface area contributed by atoms with Crippen LogP contribution in [0.2, 0.25) is 0 Å². The van der Waals surface area contributed by atoms with Gasteiger partial charge in [0, 0.05) is 30.2 Å². The third kappa shape index (κ3) is 3.46. The number of Topliss-reactive ketones (excluding diaryl/α,β-unsaturated/α-hetero) is 1. The van der Waals surface area contributed by atoms with Crippen LogP contribution in [0, 0.1) is 5.41 Å². The third-order valence-electron chi connectivity index (χ3n) is 6.53. The van der Waals surface area contributed by atoms with E-state index in [0.29, 0.717) is 12.4 Å². The summed E-state index contributed by atoms with van der Waals surface area (Å²) in [5.41, 5.74) is 2.02. The number of rotatable bonds is 7. The molecular formula is C23H28NO2+. The highest BCUT2D eigenvalue weighted by Crippen LogP contribution is 2.46. The number of ether oxygens (including phenoxy) is 1. The number of ketones is 1. The molecule has 3 heterocycles. The lowest BCUT2D eigenvalue weighted by Gasteiger charge is -2.54. The molecule has 2 aromatic carbocycles. The fourth-order valence-corrected chi connectivity index (χ4v) is 4.66. The Morgan fingerprint density at radius 2 is 1.46 bits per heavy atom. The van der Waals surface area contributed by atoms with E-state index in [2.05, 4.69) is 24.3 Å². The summed E-state index contributed by atoms with van der Waals surface area (Å²) >= 11 is 0. The first kappa shape index (κ1) is 17.4. The fourth-order valence-electron chi connectivity index (χ4n) is 4.66. The zero-order valence-electron chi connectivity index (χ0n) is 15.4. The highest BCUT2D eigenvalue weighted by Gasteiger charge is 2.52. The molecule has 0 unspecified atom stereocenters. The number of carbonyl (C=O) groups is 1. The summed E-state index contributed by atoms with van der Waals surface area (Å²) < 4.78 is 7.06. The molecule has 3 fully saturated rings. The Kier molecular flexibility index (Phi) is 4.92. The Bertz CT molecular complexity index is 717. The maximum atomic E-state index is 13.1. The van der Waals surface area contributed by atoms with Crippen molar-refractivity contribution in [3.05, 3.63) is 71.8 Å². The molecule has 3 aliphatic rings. The van der Waals surface area contributed by atoms with E-state index in [1.54, 1.807) is 0 Å². The minimum atomic E-state index is -0.105. The number of benzene rings is 2. The molecule has 2 aromatic rings. The molecule has 3 saturated heterocycles. The van der Waals surface area contributed by atoms with Gasteiger partial charge in [-0.1, -0.05) is 60.7 Å². The topological polar surface area (TPSA) is 26.3 Å². The van der Waals surface area contributed by atoms with Crippen molar-refractivity contribution in [2.24, 2.45) is 5.41 Å². The molecule has 26 heavy (non-hydrogen) atoms. The molecule has 0 spiro atoms. The first-order valence-corrected chi connectivity index (χ1v) is 9.78. The molecule has 0 atom stereocenters. The van der Waals surface area contributed by atoms with Crippen molar-refractivity contribution < 1.29 is 14.0 Å². The average Bonchev–Trinajstić information content (AvgIpc) is 2.73. The van der Waals surface area contributed by atoms with Crippen molar-refractivity contribution in [3.63, 3.8) is 0 Å². The number of piperidine rings is 3. The molecular weight excluding hydrogens is 322 g/mol. The van der Waals surface area contributed by atoms with Crippen LogP contribution in [-0.2, 0) is 11.3 Å². The summed E-state index contributed by atoms with van der Waals surface area (Å²) in [5.74, 6) is 0.371. The van der Waals surface area contributed by atoms with Crippen LogP contribution in [-0.4, -0.2) is 43.1 Å². The lowest BCUT2D eigenvalue weighted by Crippen LogP contribution is -2.64. The Hall–Kier alpha value is -1.97. The zero-order chi connectivity index (χ0) is 17.9. The number of carbonyl (C=O) groups excluding carboxylic acids is 1. The van der Waals surface area contributed by atoms with Crippen LogP contribution < -0.4 is 0 Å². The second kappa shape index (κ2) is 7.34. The molecule has 0 amide bonds. The first-order chi connectivity index (χ1) is 12.7. The summed E-state index contributed by atoms with van der Waals surface area (Å²) in [6, 6.07) is 20.2. The van der Waals surface area contributed by atoms with Gasteiger partial charge in [0.25, 0.3) is 0 Å². The molecule has 0 radical (unpaired) electrons. The summed E-state index contributed by atoms with van der Waals surface area (Å²) in [7, 11) is 0. The highest BCUT2D eigenvalue weighted by atomic mass is 16.5. The Balaban J connectivity index is 1.30. The highest BCUT2D eigenvalue weighted by molar-refractivity contribution is 6.00. The molecule has 0 aliphatic carbocycles. The van der Waals surface area contributed by atoms with Gasteiger partial charge in [-0.15, -0.1) is 0 Å². The molecule has 3 nitrogen and oxygen atoms in total. The first-order valence-electron chi connectivity index (χ1n) is 9.78. The van der Waals surface area contributed by atoms with Crippen LogP contribution in [0.25, 0.3) is 0 Å². The van der Waals surface area contributed by atoms with Gasteiger partial charge in [-0.2, -0.15) is 0 Å². The van der Waals surface area contributed by atoms with Crippen molar-refractivity contribution in [3.8, 4) is 0 Å². The van der Waals surface area contributed by atoms with E-state index in [1.807, 2.05) is 36.4 Å². The van der Waals surface area contributed by atoms with Crippen molar-refractivity contribution in [2.75, 3.05) is 32.8 Å². The summed E-state index contributed by atoms with van der Waals surface area (Å²) in [4.78, 5) is 13.1. The molecule has 136 valence electrons. The Labute approximate surface area is 156 Å². The molecule has 2 bridgehead atoms. The van der Waals surface area contributed by atoms with E-state index >= 15 is 0 Å². The van der Waals surface area contributed by atoms with E-state index in [4.69, 9.17) is 4.74 Å². The molecule has 0 N–H and O–H groups in total. The molecule has 3 heteroatoms. The Morgan fingerprint density at radius 1 is 0.885 bits per heavy atom. The van der Waals surface area contributed by atoms with Crippen molar-refractivity contribution in [2.45, 2.75) is 25.9 Å². The van der Waals surface area contributed by atoms with Crippen LogP contribution >= 0.6 is 0 Å². The van der Waals surface area contributed by atoms with Gasteiger partial charge in [0.05, 0.1) is 32.8 Å². The monoisotopic (exact) mass is 350 g/mol. The van der Waals surface area contributed by atoms with Crippen molar-refractivity contribution in [1.29, 1.82) is 0 Å². The zero-order valence-corrected chi connectivity index (χ0v) is 15.4. The number of hydrogen-bond donors (Lipinski definition) is 0. The molecule has 0 saturated carbocycles. The summed E-state index contributed by atoms with van der Waals surface area (Å²) in [5, 5.41) is 0. The second-order valence-corrected chi connectivity index (χ2v) is 8.00. The second-order valence-electron chi connectivity index (χ2n) is 8.00. The van der Waals surface area contributed by atoms with E-state index in [1.165, 1.54) is 5.56 Å². The fraction of sp³-hybridized carbons (Fsp3) is 0.435. The quantitative estimate of drug-likeness (QED) is 0.427. The van der Waals surface area contributed by atoms with Gasteiger partial charge in [0.1, 0.15) is 6.54 Å². The van der Waals surface area contributed by atoms with Crippen LogP contribution in [0.5, 0.6) is 0 Å². The summed E-state index contributed by atoms with van der Waals surface area (Å²) in [6.07, 6.45) is 3.08. The van der Waals surface area contributed by atoms with Gasteiger partial charge >= 0.3 is 0 Å². The Morgan fingerprint density at radius 3 is 2.08 bits per heavy atom. The smallest absolute Gasteiger partial charge is 0.169 e. The van der Waals surface area contributed by atoms with Gasteiger partial charge in [-0.25, -0.2) is 0 Å². The van der Waals surface area contributed by atoms with Crippen molar-refractivity contribution in [1.82, 2.24) is 0 Å². The van der Waals surface area contributed by atoms with E-state index in [0.717, 1.165) is 62.1 Å². The molecule has 3 aliphatic heterocycles. The van der Waals surface area contributed by atoms with Crippen LogP contribution in [0.4, 0.5) is 0 Å². The van der Waals surface area contributed by atoms with Gasteiger partial charge < -0.3 is 9.22 Å². The van der Waals surface area contributed by atoms with Gasteiger partial charge in [-0.05, 0) is 5.56 Å². The predicted molar refractivity (Wildman–Crippen MR) is 103 cm³/mol. The minimum absolute atomic E-state index is 0.105. The van der Waals surface area contributed by atoms with Crippen LogP contribution in [0.1, 0.15) is 35.2 Å². The van der Waals surface area contributed by atoms with E-state index < -0.39 is 0 Å².